The molecular formula is C28H34FN7O. The first-order valence-corrected chi connectivity index (χ1v) is 12.7. The van der Waals surface area contributed by atoms with Gasteiger partial charge in [-0.05, 0) is 76.1 Å². The molecule has 2 N–H and O–H groups in total. The fraction of sp³-hybridized carbons (Fsp3) is 0.429. The van der Waals surface area contributed by atoms with Crippen molar-refractivity contribution in [3.05, 3.63) is 69.9 Å². The van der Waals surface area contributed by atoms with Gasteiger partial charge in [-0.3, -0.25) is 14.2 Å². The lowest BCUT2D eigenvalue weighted by Crippen LogP contribution is -2.42. The number of rotatable bonds is 6. The Kier molecular flexibility index (Phi) is 6.14. The third-order valence-electron chi connectivity index (χ3n) is 7.12. The predicted octanol–water partition coefficient (Wildman–Crippen LogP) is 4.93. The average molecular weight is 504 g/mol. The minimum atomic E-state index is -0.750. The van der Waals surface area contributed by atoms with Crippen molar-refractivity contribution < 1.29 is 4.39 Å². The van der Waals surface area contributed by atoms with Gasteiger partial charge in [-0.15, -0.1) is 0 Å². The lowest BCUT2D eigenvalue weighted by molar-refractivity contribution is 0.344. The zero-order valence-electron chi connectivity index (χ0n) is 22.3. The standard InChI is InChI=1S/C28H34FN7O/c1-17(2)35-25(37)21-15-31-26(33-19-7-8-22-18(13-19)9-12-32-28(22,5)6)34-24(21)36(35)20-10-11-30-23(14-20)27(3,4)16-29/h7-8,10-11,13-15,17,32H,9,12,16H2,1-6H3,(H,31,33,34). The number of halogens is 1. The summed E-state index contributed by atoms with van der Waals surface area (Å²) in [5.41, 5.74) is 4.25. The normalized spacial score (nSPS) is 15.2. The number of aromatic nitrogens is 5. The first-order chi connectivity index (χ1) is 17.5. The van der Waals surface area contributed by atoms with Crippen LogP contribution in [-0.2, 0) is 17.4 Å². The number of pyridine rings is 1. The van der Waals surface area contributed by atoms with E-state index in [1.165, 1.54) is 11.1 Å². The number of fused-ring (bicyclic) bond motifs is 2. The molecule has 37 heavy (non-hydrogen) atoms. The molecule has 1 aliphatic rings. The van der Waals surface area contributed by atoms with Gasteiger partial charge in [-0.2, -0.15) is 4.98 Å². The van der Waals surface area contributed by atoms with Gasteiger partial charge in [-0.25, -0.2) is 14.3 Å². The first kappa shape index (κ1) is 25.1. The zero-order chi connectivity index (χ0) is 26.5. The van der Waals surface area contributed by atoms with E-state index in [0.29, 0.717) is 28.4 Å². The molecule has 0 aliphatic carbocycles. The van der Waals surface area contributed by atoms with Crippen molar-refractivity contribution in [1.29, 1.82) is 0 Å². The Balaban J connectivity index is 1.61. The van der Waals surface area contributed by atoms with Crippen molar-refractivity contribution >= 4 is 22.7 Å². The number of hydrogen-bond acceptors (Lipinski definition) is 6. The molecule has 0 saturated carbocycles. The molecule has 0 fully saturated rings. The van der Waals surface area contributed by atoms with Crippen molar-refractivity contribution in [2.75, 3.05) is 18.5 Å². The van der Waals surface area contributed by atoms with Gasteiger partial charge in [0, 0.05) is 35.1 Å². The van der Waals surface area contributed by atoms with E-state index in [4.69, 9.17) is 4.98 Å². The van der Waals surface area contributed by atoms with Crippen molar-refractivity contribution in [2.24, 2.45) is 0 Å². The predicted molar refractivity (Wildman–Crippen MR) is 145 cm³/mol. The number of nitrogens with one attached hydrogen (secondary N) is 2. The van der Waals surface area contributed by atoms with Crippen LogP contribution in [0.1, 0.15) is 64.4 Å². The van der Waals surface area contributed by atoms with Gasteiger partial charge in [0.15, 0.2) is 5.65 Å². The Bertz CT molecular complexity index is 1530. The van der Waals surface area contributed by atoms with Crippen molar-refractivity contribution in [1.82, 2.24) is 29.6 Å². The second-order valence-corrected chi connectivity index (χ2v) is 11.2. The van der Waals surface area contributed by atoms with E-state index in [1.807, 2.05) is 45.9 Å². The summed E-state index contributed by atoms with van der Waals surface area (Å²) in [4.78, 5) is 27.0. The summed E-state index contributed by atoms with van der Waals surface area (Å²) in [6.07, 6.45) is 4.17. The average Bonchev–Trinajstić information content (AvgIpc) is 3.15. The highest BCUT2D eigenvalue weighted by molar-refractivity contribution is 5.77. The third-order valence-corrected chi connectivity index (χ3v) is 7.12. The maximum Gasteiger partial charge on any atom is 0.278 e. The molecule has 0 radical (unpaired) electrons. The van der Waals surface area contributed by atoms with Gasteiger partial charge in [0.2, 0.25) is 5.95 Å². The molecule has 4 heterocycles. The van der Waals surface area contributed by atoms with Gasteiger partial charge in [0.25, 0.3) is 5.56 Å². The Morgan fingerprint density at radius 1 is 1.19 bits per heavy atom. The second kappa shape index (κ2) is 9.06. The van der Waals surface area contributed by atoms with Crippen LogP contribution in [0.5, 0.6) is 0 Å². The lowest BCUT2D eigenvalue weighted by atomic mass is 9.85. The molecule has 3 aromatic heterocycles. The highest BCUT2D eigenvalue weighted by Crippen LogP contribution is 2.31. The number of alkyl halides is 1. The highest BCUT2D eigenvalue weighted by Gasteiger charge is 2.27. The largest absolute Gasteiger partial charge is 0.324 e. The van der Waals surface area contributed by atoms with Crippen molar-refractivity contribution in [3.63, 3.8) is 0 Å². The zero-order valence-corrected chi connectivity index (χ0v) is 22.3. The van der Waals surface area contributed by atoms with E-state index in [1.54, 1.807) is 21.8 Å². The molecule has 9 heteroatoms. The van der Waals surface area contributed by atoms with Gasteiger partial charge in [0.05, 0.1) is 11.4 Å². The summed E-state index contributed by atoms with van der Waals surface area (Å²) >= 11 is 0. The molecule has 0 atom stereocenters. The summed E-state index contributed by atoms with van der Waals surface area (Å²) in [6, 6.07) is 9.81. The molecule has 0 amide bonds. The maximum atomic E-state index is 13.7. The fourth-order valence-electron chi connectivity index (χ4n) is 4.99. The maximum absolute atomic E-state index is 13.7. The van der Waals surface area contributed by atoms with Crippen molar-refractivity contribution in [2.45, 2.75) is 65.0 Å². The molecule has 0 saturated heterocycles. The van der Waals surface area contributed by atoms with Gasteiger partial charge in [0.1, 0.15) is 12.1 Å². The van der Waals surface area contributed by atoms with Crippen LogP contribution < -0.4 is 16.2 Å². The SMILES string of the molecule is CC(C)n1c(=O)c2cnc(Nc3ccc4c(c3)CCNC4(C)C)nc2n1-c1ccnc(C(C)(C)CF)c1. The minimum Gasteiger partial charge on any atom is -0.324 e. The second-order valence-electron chi connectivity index (χ2n) is 11.2. The van der Waals surface area contributed by atoms with E-state index in [0.717, 1.165) is 18.7 Å². The Hall–Kier alpha value is -3.59. The molecule has 1 aromatic carbocycles. The number of benzene rings is 1. The quantitative estimate of drug-likeness (QED) is 0.388. The van der Waals surface area contributed by atoms with Gasteiger partial charge in [-0.1, -0.05) is 19.9 Å². The molecule has 0 bridgehead atoms. The van der Waals surface area contributed by atoms with Crippen LogP contribution >= 0.6 is 0 Å². The van der Waals surface area contributed by atoms with Crippen LogP contribution in [0.2, 0.25) is 0 Å². The van der Waals surface area contributed by atoms with Crippen LogP contribution in [-0.4, -0.2) is 37.5 Å². The Morgan fingerprint density at radius 3 is 2.70 bits per heavy atom. The molecular weight excluding hydrogens is 469 g/mol. The summed E-state index contributed by atoms with van der Waals surface area (Å²) < 4.78 is 17.2. The third kappa shape index (κ3) is 4.41. The monoisotopic (exact) mass is 503 g/mol. The lowest BCUT2D eigenvalue weighted by Gasteiger charge is -2.34. The highest BCUT2D eigenvalue weighted by atomic mass is 19.1. The van der Waals surface area contributed by atoms with E-state index in [-0.39, 0.29) is 17.1 Å². The van der Waals surface area contributed by atoms with Crippen LogP contribution in [0.25, 0.3) is 16.7 Å². The molecule has 0 spiro atoms. The van der Waals surface area contributed by atoms with Crippen LogP contribution in [0.4, 0.5) is 16.0 Å². The van der Waals surface area contributed by atoms with E-state index >= 15 is 0 Å². The summed E-state index contributed by atoms with van der Waals surface area (Å²) in [6.45, 7) is 12.3. The molecule has 8 nitrogen and oxygen atoms in total. The minimum absolute atomic E-state index is 0.0720. The van der Waals surface area contributed by atoms with Gasteiger partial charge >= 0.3 is 0 Å². The number of hydrogen-bond donors (Lipinski definition) is 2. The summed E-state index contributed by atoms with van der Waals surface area (Å²) in [5, 5.41) is 7.30. The van der Waals surface area contributed by atoms with Crippen LogP contribution in [0, 0.1) is 0 Å². The molecule has 1 aliphatic heterocycles. The van der Waals surface area contributed by atoms with Gasteiger partial charge < -0.3 is 10.6 Å². The van der Waals surface area contributed by atoms with Crippen LogP contribution in [0.15, 0.2) is 47.5 Å². The first-order valence-electron chi connectivity index (χ1n) is 12.7. The fourth-order valence-corrected chi connectivity index (χ4v) is 4.99. The summed E-state index contributed by atoms with van der Waals surface area (Å²) in [5.74, 6) is 0.397. The molecule has 0 unspecified atom stereocenters. The Morgan fingerprint density at radius 2 is 1.97 bits per heavy atom. The van der Waals surface area contributed by atoms with E-state index in [2.05, 4.69) is 46.6 Å². The summed E-state index contributed by atoms with van der Waals surface area (Å²) in [7, 11) is 0. The van der Waals surface area contributed by atoms with E-state index < -0.39 is 12.1 Å². The van der Waals surface area contributed by atoms with E-state index in [9.17, 15) is 9.18 Å². The topological polar surface area (TPSA) is 89.7 Å². The number of nitrogens with zero attached hydrogens (tertiary/aromatic N) is 5. The van der Waals surface area contributed by atoms with Crippen LogP contribution in [0.3, 0.4) is 0 Å². The smallest absolute Gasteiger partial charge is 0.278 e. The number of anilines is 2. The Labute approximate surface area is 216 Å². The molecule has 5 rings (SSSR count). The van der Waals surface area contributed by atoms with Crippen molar-refractivity contribution in [3.8, 4) is 5.69 Å². The molecule has 4 aromatic rings. The molecule has 194 valence electrons.